The van der Waals surface area contributed by atoms with E-state index in [1.807, 2.05) is 6.92 Å². The van der Waals surface area contributed by atoms with Crippen LogP contribution in [0.1, 0.15) is 15.9 Å². The van der Waals surface area contributed by atoms with E-state index in [-0.39, 0.29) is 5.56 Å². The zero-order valence-electron chi connectivity index (χ0n) is 10.9. The van der Waals surface area contributed by atoms with Crippen molar-refractivity contribution in [1.82, 2.24) is 10.2 Å². The van der Waals surface area contributed by atoms with Crippen LogP contribution in [0.2, 0.25) is 0 Å². The molecule has 2 aromatic rings. The molecule has 19 heavy (non-hydrogen) atoms. The van der Waals surface area contributed by atoms with E-state index in [1.165, 1.54) is 13.3 Å². The standard InChI is InChI=1S/C13H14N2O4/c1-7-4-10(18-2)11(19-3)5-8(7)12-9(13(16)17)6-14-15-12/h4-6H,1-3H3,(H,14,15)(H,16,17). The number of hydrogen-bond acceptors (Lipinski definition) is 4. The fourth-order valence-electron chi connectivity index (χ4n) is 1.90. The Bertz CT molecular complexity index is 619. The summed E-state index contributed by atoms with van der Waals surface area (Å²) in [6.45, 7) is 1.86. The summed E-state index contributed by atoms with van der Waals surface area (Å²) in [5.74, 6) is 0.104. The molecule has 0 spiro atoms. The van der Waals surface area contributed by atoms with Crippen LogP contribution in [-0.2, 0) is 0 Å². The Morgan fingerprint density at radius 2 is 1.89 bits per heavy atom. The first-order chi connectivity index (χ1) is 9.08. The average molecular weight is 262 g/mol. The molecule has 0 unspecified atom stereocenters. The summed E-state index contributed by atoms with van der Waals surface area (Å²) in [6.07, 6.45) is 1.29. The molecule has 6 nitrogen and oxygen atoms in total. The second kappa shape index (κ2) is 5.01. The predicted molar refractivity (Wildman–Crippen MR) is 68.8 cm³/mol. The van der Waals surface area contributed by atoms with Crippen LogP contribution in [0, 0.1) is 6.92 Å². The molecule has 0 saturated carbocycles. The SMILES string of the molecule is COc1cc(C)c(-c2[nH]ncc2C(=O)O)cc1OC. The van der Waals surface area contributed by atoms with Crippen LogP contribution in [0.15, 0.2) is 18.3 Å². The molecule has 1 aromatic heterocycles. The van der Waals surface area contributed by atoms with Gasteiger partial charge >= 0.3 is 5.97 Å². The Balaban J connectivity index is 2.62. The first-order valence-electron chi connectivity index (χ1n) is 5.58. The number of hydrogen-bond donors (Lipinski definition) is 2. The molecule has 0 aliphatic heterocycles. The van der Waals surface area contributed by atoms with Gasteiger partial charge in [0.05, 0.1) is 26.1 Å². The number of ether oxygens (including phenoxy) is 2. The van der Waals surface area contributed by atoms with Crippen molar-refractivity contribution in [1.29, 1.82) is 0 Å². The zero-order chi connectivity index (χ0) is 14.0. The van der Waals surface area contributed by atoms with Crippen molar-refractivity contribution >= 4 is 5.97 Å². The molecule has 0 aliphatic rings. The highest BCUT2D eigenvalue weighted by molar-refractivity contribution is 5.95. The second-order valence-corrected chi connectivity index (χ2v) is 3.99. The Hall–Kier alpha value is -2.50. The number of carbonyl (C=O) groups is 1. The number of carboxylic acid groups (broad SMARTS) is 1. The van der Waals surface area contributed by atoms with Gasteiger partial charge in [0.1, 0.15) is 5.56 Å². The van der Waals surface area contributed by atoms with E-state index < -0.39 is 5.97 Å². The highest BCUT2D eigenvalue weighted by Gasteiger charge is 2.18. The van der Waals surface area contributed by atoms with Gasteiger partial charge < -0.3 is 14.6 Å². The number of methoxy groups -OCH3 is 2. The zero-order valence-corrected chi connectivity index (χ0v) is 10.9. The number of aromatic nitrogens is 2. The minimum absolute atomic E-state index is 0.121. The number of aromatic carboxylic acids is 1. The molecule has 1 aromatic carbocycles. The van der Waals surface area contributed by atoms with Gasteiger partial charge in [0.2, 0.25) is 0 Å². The summed E-state index contributed by atoms with van der Waals surface area (Å²) < 4.78 is 10.4. The maximum absolute atomic E-state index is 11.1. The molecule has 0 aliphatic carbocycles. The first kappa shape index (κ1) is 12.9. The molecular weight excluding hydrogens is 248 g/mol. The number of nitrogens with one attached hydrogen (secondary N) is 1. The molecule has 0 saturated heterocycles. The Morgan fingerprint density at radius 3 is 2.47 bits per heavy atom. The van der Waals surface area contributed by atoms with Crippen molar-refractivity contribution in [3.8, 4) is 22.8 Å². The normalized spacial score (nSPS) is 10.3. The van der Waals surface area contributed by atoms with E-state index in [1.54, 1.807) is 19.2 Å². The lowest BCUT2D eigenvalue weighted by Gasteiger charge is -2.12. The lowest BCUT2D eigenvalue weighted by Crippen LogP contribution is -1.99. The fraction of sp³-hybridized carbons (Fsp3) is 0.231. The summed E-state index contributed by atoms with van der Waals surface area (Å²) >= 11 is 0. The van der Waals surface area contributed by atoms with Gasteiger partial charge in [-0.05, 0) is 24.6 Å². The number of H-pyrrole nitrogens is 1. The monoisotopic (exact) mass is 262 g/mol. The van der Waals surface area contributed by atoms with Crippen molar-refractivity contribution in [3.05, 3.63) is 29.5 Å². The number of rotatable bonds is 4. The van der Waals surface area contributed by atoms with Crippen LogP contribution in [-0.4, -0.2) is 35.5 Å². The predicted octanol–water partition coefficient (Wildman–Crippen LogP) is 2.10. The van der Waals surface area contributed by atoms with Gasteiger partial charge in [-0.25, -0.2) is 4.79 Å². The van der Waals surface area contributed by atoms with E-state index in [9.17, 15) is 4.79 Å². The molecule has 0 radical (unpaired) electrons. The van der Waals surface area contributed by atoms with Gasteiger partial charge in [0, 0.05) is 5.56 Å². The van der Waals surface area contributed by atoms with Gasteiger partial charge in [0.15, 0.2) is 11.5 Å². The molecule has 0 atom stereocenters. The minimum Gasteiger partial charge on any atom is -0.493 e. The van der Waals surface area contributed by atoms with E-state index in [2.05, 4.69) is 10.2 Å². The second-order valence-electron chi connectivity index (χ2n) is 3.99. The van der Waals surface area contributed by atoms with Gasteiger partial charge in [-0.3, -0.25) is 5.10 Å². The third kappa shape index (κ3) is 2.24. The number of nitrogens with zero attached hydrogens (tertiary/aromatic N) is 1. The molecule has 0 amide bonds. The minimum atomic E-state index is -1.03. The lowest BCUT2D eigenvalue weighted by atomic mass is 10.0. The highest BCUT2D eigenvalue weighted by atomic mass is 16.5. The summed E-state index contributed by atoms with van der Waals surface area (Å²) in [5.41, 5.74) is 2.15. The fourth-order valence-corrected chi connectivity index (χ4v) is 1.90. The Morgan fingerprint density at radius 1 is 1.26 bits per heavy atom. The molecular formula is C13H14N2O4. The van der Waals surface area contributed by atoms with E-state index in [0.29, 0.717) is 22.8 Å². The number of aryl methyl sites for hydroxylation is 1. The molecule has 6 heteroatoms. The summed E-state index contributed by atoms with van der Waals surface area (Å²) in [4.78, 5) is 11.1. The van der Waals surface area contributed by atoms with Crippen molar-refractivity contribution in [3.63, 3.8) is 0 Å². The average Bonchev–Trinajstić information content (AvgIpc) is 2.87. The summed E-state index contributed by atoms with van der Waals surface area (Å²) in [6, 6.07) is 3.52. The third-order valence-electron chi connectivity index (χ3n) is 2.87. The molecule has 2 rings (SSSR count). The Kier molecular flexibility index (Phi) is 3.41. The number of benzene rings is 1. The van der Waals surface area contributed by atoms with Crippen LogP contribution in [0.4, 0.5) is 0 Å². The molecule has 2 N–H and O–H groups in total. The Labute approximate surface area is 110 Å². The van der Waals surface area contributed by atoms with Crippen molar-refractivity contribution in [2.24, 2.45) is 0 Å². The van der Waals surface area contributed by atoms with E-state index >= 15 is 0 Å². The highest BCUT2D eigenvalue weighted by Crippen LogP contribution is 2.35. The van der Waals surface area contributed by atoms with Crippen molar-refractivity contribution < 1.29 is 19.4 Å². The molecule has 0 bridgehead atoms. The van der Waals surface area contributed by atoms with E-state index in [4.69, 9.17) is 14.6 Å². The maximum Gasteiger partial charge on any atom is 0.339 e. The van der Waals surface area contributed by atoms with Crippen LogP contribution in [0.25, 0.3) is 11.3 Å². The van der Waals surface area contributed by atoms with Gasteiger partial charge in [-0.1, -0.05) is 0 Å². The van der Waals surface area contributed by atoms with Crippen molar-refractivity contribution in [2.45, 2.75) is 6.92 Å². The molecule has 1 heterocycles. The topological polar surface area (TPSA) is 84.4 Å². The lowest BCUT2D eigenvalue weighted by molar-refractivity contribution is 0.0698. The quantitative estimate of drug-likeness (QED) is 0.881. The van der Waals surface area contributed by atoms with Crippen LogP contribution in [0.3, 0.4) is 0 Å². The summed E-state index contributed by atoms with van der Waals surface area (Å²) in [7, 11) is 3.08. The first-order valence-corrected chi connectivity index (χ1v) is 5.58. The van der Waals surface area contributed by atoms with Crippen LogP contribution in [0.5, 0.6) is 11.5 Å². The third-order valence-corrected chi connectivity index (χ3v) is 2.87. The molecule has 100 valence electrons. The van der Waals surface area contributed by atoms with Gasteiger partial charge in [-0.2, -0.15) is 5.10 Å². The van der Waals surface area contributed by atoms with Gasteiger partial charge in [-0.15, -0.1) is 0 Å². The van der Waals surface area contributed by atoms with Gasteiger partial charge in [0.25, 0.3) is 0 Å². The van der Waals surface area contributed by atoms with Crippen LogP contribution >= 0.6 is 0 Å². The van der Waals surface area contributed by atoms with Crippen molar-refractivity contribution in [2.75, 3.05) is 14.2 Å². The smallest absolute Gasteiger partial charge is 0.339 e. The summed E-state index contributed by atoms with van der Waals surface area (Å²) in [5, 5.41) is 15.6. The maximum atomic E-state index is 11.1. The van der Waals surface area contributed by atoms with Crippen LogP contribution < -0.4 is 9.47 Å². The van der Waals surface area contributed by atoms with E-state index in [0.717, 1.165) is 5.56 Å². The largest absolute Gasteiger partial charge is 0.493 e. The molecule has 0 fully saturated rings. The number of aromatic amines is 1. The number of carboxylic acids is 1.